The Labute approximate surface area is 569 Å². The molecule has 0 saturated carbocycles. The number of imide groups is 1. The topological polar surface area (TPSA) is 284 Å². The summed E-state index contributed by atoms with van der Waals surface area (Å²) in [7, 11) is 4.81. The Morgan fingerprint density at radius 3 is 1.89 bits per heavy atom. The number of nitrogens with zero attached hydrogens (tertiary/aromatic N) is 3. The van der Waals surface area contributed by atoms with Crippen molar-refractivity contribution >= 4 is 65.8 Å². The summed E-state index contributed by atoms with van der Waals surface area (Å²) in [6.45, 7) is 27.9. The van der Waals surface area contributed by atoms with Gasteiger partial charge in [0.2, 0.25) is 17.7 Å². The number of ether oxygens (including phenoxy) is 6. The van der Waals surface area contributed by atoms with Crippen LogP contribution in [-0.2, 0) is 84.6 Å². The molecule has 2 aromatic rings. The number of aliphatic carboxylic acids is 1. The number of hydrogen-bond donors (Lipinski definition) is 4. The van der Waals surface area contributed by atoms with Gasteiger partial charge in [0.15, 0.2) is 6.10 Å². The molecule has 0 spiro atoms. The second-order valence-electron chi connectivity index (χ2n) is 25.8. The molecule has 23 nitrogen and oxygen atoms in total. The molecule has 5 amide bonds. The first-order chi connectivity index (χ1) is 45.2. The van der Waals surface area contributed by atoms with Crippen LogP contribution < -0.4 is 20.7 Å². The fourth-order valence-electron chi connectivity index (χ4n) is 10.4. The Balaban J connectivity index is 0.000000780. The first-order valence-corrected chi connectivity index (χ1v) is 34.5. The molecule has 2 saturated heterocycles. The van der Waals surface area contributed by atoms with Gasteiger partial charge < -0.3 is 64.0 Å². The number of nitrogens with one attached hydrogen (secondary N) is 3. The summed E-state index contributed by atoms with van der Waals surface area (Å²) in [5.74, 6) is 0.535. The minimum Gasteiger partial charge on any atom is -0.496 e. The molecule has 0 radical (unpaired) electrons. The second kappa shape index (κ2) is 47.7. The van der Waals surface area contributed by atoms with Crippen LogP contribution in [0.15, 0.2) is 54.6 Å². The van der Waals surface area contributed by atoms with Crippen molar-refractivity contribution in [2.24, 2.45) is 23.2 Å². The first-order valence-electron chi connectivity index (χ1n) is 33.5. The normalized spacial score (nSPS) is 15.2. The van der Waals surface area contributed by atoms with Crippen LogP contribution in [0.2, 0.25) is 0 Å². The van der Waals surface area contributed by atoms with Crippen molar-refractivity contribution in [3.05, 3.63) is 76.9 Å². The average Bonchev–Trinajstić information content (AvgIpc) is 1.09. The number of aldehydes is 2. The summed E-state index contributed by atoms with van der Waals surface area (Å²) < 4.78 is 31.5. The molecule has 2 aliphatic heterocycles. The zero-order valence-electron chi connectivity index (χ0n) is 59.1. The van der Waals surface area contributed by atoms with E-state index in [0.29, 0.717) is 113 Å². The van der Waals surface area contributed by atoms with E-state index in [1.807, 2.05) is 49.9 Å². The molecule has 0 aromatic heterocycles. The van der Waals surface area contributed by atoms with Crippen LogP contribution in [-0.4, -0.2) is 210 Å². The number of carboxylic acids is 1. The van der Waals surface area contributed by atoms with Crippen molar-refractivity contribution in [1.82, 2.24) is 30.8 Å². The lowest BCUT2D eigenvalue weighted by molar-refractivity contribution is -0.198. The minimum atomic E-state index is -0.879. The zero-order valence-corrected chi connectivity index (χ0v) is 60.0. The van der Waals surface area contributed by atoms with E-state index in [2.05, 4.69) is 79.7 Å². The lowest BCUT2D eigenvalue weighted by atomic mass is 9.75. The van der Waals surface area contributed by atoms with E-state index in [1.165, 1.54) is 24.7 Å². The number of benzene rings is 2. The van der Waals surface area contributed by atoms with Gasteiger partial charge in [-0.1, -0.05) is 111 Å². The van der Waals surface area contributed by atoms with Crippen LogP contribution >= 0.6 is 11.8 Å². The van der Waals surface area contributed by atoms with Gasteiger partial charge in [-0.2, -0.15) is 0 Å². The Bertz CT molecular complexity index is 2620. The third kappa shape index (κ3) is 36.2. The number of carbonyl (C=O) groups is 9. The smallest absolute Gasteiger partial charge is 0.335 e. The number of hydrogen-bond acceptors (Lipinski definition) is 19. The second-order valence-corrected chi connectivity index (χ2v) is 27.4. The standard InChI is InChI=1S/C47H74N4O11S.C17H26N2O3.C7H14O3/c1-6-10-41(37(2)11-8-7-9-26-52)38(3)40-14-12-39(13-15-40)35-49-22-24-50(25-23-49)43(54)18-20-47(4,5)63-36-42(53)48-21-28-59-30-32-61-34-33-60-31-29-58-27-19-46(57)62-51-44(55)16-17-45(51)56;1-12-8-13(6-7-15(12)22-5)9-14(18-4)16(21)19-10-17(2,3)11-20;1-5(2)4-6(10-3)7(8)9/h7,9,12-15,26,37-38,41H,6,8,10-11,16-25,27-36H2,1-5H3,(H,48,53);6-8,11,14,18H,9-10H2,1-5H3,(H,19,21);5-6H,4H2,1-3H3,(H,8,9)/b9-7+;;/t37?,38?,41-;14-;6-/m110/s1. The molecule has 5 atom stereocenters. The fourth-order valence-corrected chi connectivity index (χ4v) is 11.3. The minimum absolute atomic E-state index is 0.0495. The van der Waals surface area contributed by atoms with Crippen LogP contribution in [0.5, 0.6) is 5.75 Å². The lowest BCUT2D eigenvalue weighted by Crippen LogP contribution is -2.48. The SMILES string of the molecule is CCC[C@H](C(C)CC/C=C/C=O)C(C)c1ccc(CN2CCN(C(=O)CCC(C)(C)SCC(=O)NCCOCCOCCOCCOCCC(=O)ON3C(=O)CCC3=O)CC2)cc1.CN[C@H](Cc1ccc(OC)c(C)c1)C(=O)NCC(C)(C)C=O.CO[C@@H](CC(C)C)C(=O)O. The molecular formula is C71H114N6O17S. The van der Waals surface area contributed by atoms with Crippen LogP contribution in [0.3, 0.4) is 0 Å². The van der Waals surface area contributed by atoms with Gasteiger partial charge in [0, 0.05) is 82.3 Å². The van der Waals surface area contributed by atoms with Crippen LogP contribution in [0.1, 0.15) is 155 Å². The monoisotopic (exact) mass is 1350 g/mol. The highest BCUT2D eigenvalue weighted by atomic mass is 32.2. The van der Waals surface area contributed by atoms with Crippen molar-refractivity contribution in [1.29, 1.82) is 0 Å². The predicted octanol–water partition coefficient (Wildman–Crippen LogP) is 8.10. The lowest BCUT2D eigenvalue weighted by Gasteiger charge is -2.35. The van der Waals surface area contributed by atoms with Crippen molar-refractivity contribution in [2.75, 3.05) is 119 Å². The van der Waals surface area contributed by atoms with E-state index < -0.39 is 35.3 Å². The Morgan fingerprint density at radius 1 is 0.768 bits per heavy atom. The van der Waals surface area contributed by atoms with E-state index in [9.17, 15) is 43.2 Å². The van der Waals surface area contributed by atoms with E-state index >= 15 is 0 Å². The summed E-state index contributed by atoms with van der Waals surface area (Å²) in [5, 5.41) is 17.7. The van der Waals surface area contributed by atoms with Crippen molar-refractivity contribution in [2.45, 2.75) is 169 Å². The highest BCUT2D eigenvalue weighted by molar-refractivity contribution is 8.01. The van der Waals surface area contributed by atoms with Gasteiger partial charge in [-0.15, -0.1) is 16.8 Å². The van der Waals surface area contributed by atoms with Crippen molar-refractivity contribution in [3.8, 4) is 5.75 Å². The molecule has 0 aliphatic carbocycles. The Kier molecular flexibility index (Phi) is 42.7. The molecule has 0 bridgehead atoms. The summed E-state index contributed by atoms with van der Waals surface area (Å²) in [4.78, 5) is 114. The van der Waals surface area contributed by atoms with E-state index in [-0.39, 0.29) is 61.0 Å². The zero-order chi connectivity index (χ0) is 70.8. The fraction of sp³-hybridized carbons (Fsp3) is 0.676. The number of piperazine rings is 1. The third-order valence-corrected chi connectivity index (χ3v) is 17.7. The predicted molar refractivity (Wildman–Crippen MR) is 368 cm³/mol. The molecule has 2 heterocycles. The van der Waals surface area contributed by atoms with E-state index in [0.717, 1.165) is 81.4 Å². The number of likely N-dealkylation sites (N-methyl/N-ethyl adjacent to an activating group) is 1. The van der Waals surface area contributed by atoms with Crippen LogP contribution in [0.25, 0.3) is 0 Å². The van der Waals surface area contributed by atoms with E-state index in [4.69, 9.17) is 38.4 Å². The van der Waals surface area contributed by atoms with Gasteiger partial charge in [-0.3, -0.25) is 33.7 Å². The number of carbonyl (C=O) groups excluding carboxylic acids is 8. The summed E-state index contributed by atoms with van der Waals surface area (Å²) in [6.07, 6.45) is 11.3. The van der Waals surface area contributed by atoms with Crippen molar-refractivity contribution < 1.29 is 81.5 Å². The number of amides is 5. The number of aryl methyl sites for hydroxylation is 1. The summed E-state index contributed by atoms with van der Waals surface area (Å²) in [5.41, 5.74) is 4.22. The number of hydroxylamine groups is 2. The van der Waals surface area contributed by atoms with Gasteiger partial charge in [0.25, 0.3) is 11.8 Å². The summed E-state index contributed by atoms with van der Waals surface area (Å²) >= 11 is 1.56. The average molecular weight is 1360 g/mol. The highest BCUT2D eigenvalue weighted by Crippen LogP contribution is 2.36. The maximum atomic E-state index is 13.2. The molecule has 2 aromatic carbocycles. The number of thioether (sulfide) groups is 1. The van der Waals surface area contributed by atoms with Crippen LogP contribution in [0.4, 0.5) is 0 Å². The molecule has 536 valence electrons. The maximum Gasteiger partial charge on any atom is 0.335 e. The molecule has 4 N–H and O–H groups in total. The van der Waals surface area contributed by atoms with Crippen LogP contribution in [0, 0.1) is 30.1 Å². The number of carboxylic acid groups (broad SMARTS) is 1. The molecule has 24 heteroatoms. The Hall–Kier alpha value is -6.12. The molecular weight excluding hydrogens is 1240 g/mol. The van der Waals surface area contributed by atoms with Gasteiger partial charge >= 0.3 is 11.9 Å². The Morgan fingerprint density at radius 2 is 1.37 bits per heavy atom. The molecule has 2 unspecified atom stereocenters. The van der Waals surface area contributed by atoms with Gasteiger partial charge in [0.1, 0.15) is 18.3 Å². The number of allylic oxidation sites excluding steroid dienone is 2. The van der Waals surface area contributed by atoms with Gasteiger partial charge in [-0.05, 0) is 111 Å². The number of rotatable bonds is 45. The van der Waals surface area contributed by atoms with Gasteiger partial charge in [-0.25, -0.2) is 9.59 Å². The highest BCUT2D eigenvalue weighted by Gasteiger charge is 2.33. The first kappa shape index (κ1) is 85.0. The summed E-state index contributed by atoms with van der Waals surface area (Å²) in [6, 6.07) is 14.7. The molecule has 95 heavy (non-hydrogen) atoms. The largest absolute Gasteiger partial charge is 0.496 e. The third-order valence-electron chi connectivity index (χ3n) is 16.4. The number of methoxy groups -OCH3 is 2. The molecule has 4 rings (SSSR count). The molecule has 2 fully saturated rings. The van der Waals surface area contributed by atoms with Gasteiger partial charge in [0.05, 0.1) is 78.2 Å². The maximum absolute atomic E-state index is 13.2. The quantitative estimate of drug-likeness (QED) is 0.0211. The molecule has 2 aliphatic rings. The van der Waals surface area contributed by atoms with Crippen molar-refractivity contribution in [3.63, 3.8) is 0 Å². The van der Waals surface area contributed by atoms with E-state index in [1.54, 1.807) is 45.8 Å².